The maximum absolute atomic E-state index is 13.7. The van der Waals surface area contributed by atoms with Crippen LogP contribution in [0.1, 0.15) is 59.6 Å². The topological polar surface area (TPSA) is 32.3 Å². The lowest BCUT2D eigenvalue weighted by Gasteiger charge is -2.37. The third-order valence-electron chi connectivity index (χ3n) is 6.20. The van der Waals surface area contributed by atoms with E-state index in [2.05, 4.69) is 24.3 Å². The summed E-state index contributed by atoms with van der Waals surface area (Å²) >= 11 is 0. The Morgan fingerprint density at radius 2 is 1.83 bits per heavy atom. The van der Waals surface area contributed by atoms with Crippen LogP contribution >= 0.6 is 0 Å². The zero-order chi connectivity index (χ0) is 20.8. The molecule has 29 heavy (non-hydrogen) atoms. The van der Waals surface area contributed by atoms with E-state index in [1.807, 2.05) is 43.3 Å². The Hall–Kier alpha value is -2.20. The number of nitrogens with one attached hydrogen (secondary N) is 1. The number of hydrogen-bond donors (Lipinski definition) is 1. The maximum atomic E-state index is 13.7. The molecule has 0 bridgehead atoms. The average molecular weight is 397 g/mol. The quantitative estimate of drug-likeness (QED) is 0.683. The van der Waals surface area contributed by atoms with Gasteiger partial charge in [-0.05, 0) is 81.9 Å². The summed E-state index contributed by atoms with van der Waals surface area (Å²) in [5, 5.41) is 3.07. The smallest absolute Gasteiger partial charge is 0.251 e. The van der Waals surface area contributed by atoms with Gasteiger partial charge < -0.3 is 10.2 Å². The summed E-state index contributed by atoms with van der Waals surface area (Å²) in [6.45, 7) is 2.73. The number of aryl methyl sites for hydroxylation is 1. The van der Waals surface area contributed by atoms with E-state index in [-0.39, 0.29) is 17.8 Å². The molecule has 156 valence electrons. The molecule has 0 aromatic heterocycles. The van der Waals surface area contributed by atoms with Crippen LogP contribution in [0.2, 0.25) is 0 Å². The molecule has 0 aliphatic heterocycles. The highest BCUT2D eigenvalue weighted by Crippen LogP contribution is 2.40. The average Bonchev–Trinajstić information content (AvgIpc) is 2.69. The van der Waals surface area contributed by atoms with Crippen LogP contribution in [-0.4, -0.2) is 31.4 Å². The second kappa shape index (κ2) is 10.0. The van der Waals surface area contributed by atoms with Gasteiger partial charge in [0.05, 0.1) is 0 Å². The molecule has 0 spiro atoms. The minimum absolute atomic E-state index is 0.0150. The van der Waals surface area contributed by atoms with E-state index in [1.54, 1.807) is 6.07 Å². The molecular weight excluding hydrogens is 363 g/mol. The molecule has 1 aliphatic carbocycles. The number of carbonyl (C=O) groups is 1. The number of rotatable bonds is 7. The van der Waals surface area contributed by atoms with Crippen LogP contribution in [0.3, 0.4) is 0 Å². The van der Waals surface area contributed by atoms with E-state index in [1.165, 1.54) is 18.9 Å². The van der Waals surface area contributed by atoms with Gasteiger partial charge in [-0.1, -0.05) is 42.7 Å². The van der Waals surface area contributed by atoms with E-state index < -0.39 is 0 Å². The zero-order valence-electron chi connectivity index (χ0n) is 17.8. The first-order valence-electron chi connectivity index (χ1n) is 10.7. The van der Waals surface area contributed by atoms with Crippen molar-refractivity contribution in [1.82, 2.24) is 10.2 Å². The number of hydrogen-bond acceptors (Lipinski definition) is 2. The third-order valence-corrected chi connectivity index (χ3v) is 6.20. The molecule has 3 rings (SSSR count). The van der Waals surface area contributed by atoms with Crippen molar-refractivity contribution in [2.24, 2.45) is 11.8 Å². The van der Waals surface area contributed by atoms with Gasteiger partial charge in [-0.3, -0.25) is 4.79 Å². The molecule has 1 saturated carbocycles. The fourth-order valence-corrected chi connectivity index (χ4v) is 4.75. The largest absolute Gasteiger partial charge is 0.352 e. The van der Waals surface area contributed by atoms with Crippen LogP contribution in [0, 0.1) is 24.6 Å². The SMILES string of the molecule is Cc1cccc(C(=O)NCCC2CCC(C(c3cccc(F)c3)N(C)C)CC2)c1. The Morgan fingerprint density at radius 1 is 1.10 bits per heavy atom. The fourth-order valence-electron chi connectivity index (χ4n) is 4.75. The van der Waals surface area contributed by atoms with E-state index in [0.29, 0.717) is 11.8 Å². The highest BCUT2D eigenvalue weighted by Gasteiger charge is 2.30. The summed E-state index contributed by atoms with van der Waals surface area (Å²) in [5.74, 6) is 1.05. The summed E-state index contributed by atoms with van der Waals surface area (Å²) in [7, 11) is 4.17. The van der Waals surface area contributed by atoms with E-state index in [0.717, 1.165) is 42.5 Å². The van der Waals surface area contributed by atoms with Crippen LogP contribution in [0.15, 0.2) is 48.5 Å². The van der Waals surface area contributed by atoms with Gasteiger partial charge in [0.2, 0.25) is 0 Å². The molecule has 0 heterocycles. The minimum atomic E-state index is -0.160. The van der Waals surface area contributed by atoms with Crippen LogP contribution in [0.25, 0.3) is 0 Å². The van der Waals surface area contributed by atoms with Crippen LogP contribution < -0.4 is 5.32 Å². The predicted octanol–water partition coefficient (Wildman–Crippen LogP) is 5.36. The molecule has 0 saturated heterocycles. The van der Waals surface area contributed by atoms with Crippen LogP contribution in [0.5, 0.6) is 0 Å². The van der Waals surface area contributed by atoms with Crippen molar-refractivity contribution >= 4 is 5.91 Å². The number of amides is 1. The standard InChI is InChI=1S/C25H33FN2O/c1-18-6-4-8-22(16-18)25(29)27-15-14-19-10-12-20(13-11-19)24(28(2)3)21-7-5-9-23(26)17-21/h4-9,16-17,19-20,24H,10-15H2,1-3H3,(H,27,29). The van der Waals surface area contributed by atoms with Crippen molar-refractivity contribution in [1.29, 1.82) is 0 Å². The molecule has 3 nitrogen and oxygen atoms in total. The molecule has 0 radical (unpaired) electrons. The Morgan fingerprint density at radius 3 is 2.48 bits per heavy atom. The predicted molar refractivity (Wildman–Crippen MR) is 116 cm³/mol. The Balaban J connectivity index is 1.47. The lowest BCUT2D eigenvalue weighted by atomic mass is 9.75. The summed E-state index contributed by atoms with van der Waals surface area (Å²) in [5.41, 5.74) is 2.91. The van der Waals surface area contributed by atoms with Gasteiger partial charge in [0, 0.05) is 18.2 Å². The fraction of sp³-hybridized carbons (Fsp3) is 0.480. The van der Waals surface area contributed by atoms with Gasteiger partial charge in [-0.15, -0.1) is 0 Å². The van der Waals surface area contributed by atoms with Gasteiger partial charge in [-0.2, -0.15) is 0 Å². The first-order valence-corrected chi connectivity index (χ1v) is 10.7. The lowest BCUT2D eigenvalue weighted by molar-refractivity contribution is 0.0947. The van der Waals surface area contributed by atoms with E-state index >= 15 is 0 Å². The molecular formula is C25H33FN2O. The van der Waals surface area contributed by atoms with Crippen molar-refractivity contribution in [2.45, 2.75) is 45.1 Å². The lowest BCUT2D eigenvalue weighted by Crippen LogP contribution is -2.31. The van der Waals surface area contributed by atoms with Crippen molar-refractivity contribution in [3.05, 3.63) is 71.0 Å². The first-order chi connectivity index (χ1) is 13.9. The van der Waals surface area contributed by atoms with Crippen molar-refractivity contribution in [3.8, 4) is 0 Å². The first kappa shape index (κ1) is 21.5. The van der Waals surface area contributed by atoms with Gasteiger partial charge >= 0.3 is 0 Å². The van der Waals surface area contributed by atoms with Crippen LogP contribution in [-0.2, 0) is 0 Å². The molecule has 1 aliphatic rings. The molecule has 1 N–H and O–H groups in total. The van der Waals surface area contributed by atoms with E-state index in [4.69, 9.17) is 0 Å². The minimum Gasteiger partial charge on any atom is -0.352 e. The number of benzene rings is 2. The second-order valence-electron chi connectivity index (χ2n) is 8.66. The monoisotopic (exact) mass is 396 g/mol. The van der Waals surface area contributed by atoms with Gasteiger partial charge in [0.1, 0.15) is 5.82 Å². The molecule has 1 unspecified atom stereocenters. The Bertz CT molecular complexity index is 812. The number of carbonyl (C=O) groups excluding carboxylic acids is 1. The molecule has 1 fully saturated rings. The molecule has 4 heteroatoms. The third kappa shape index (κ3) is 5.89. The molecule has 2 aromatic carbocycles. The summed E-state index contributed by atoms with van der Waals surface area (Å²) < 4.78 is 13.7. The highest BCUT2D eigenvalue weighted by atomic mass is 19.1. The number of halogens is 1. The van der Waals surface area contributed by atoms with Crippen LogP contribution in [0.4, 0.5) is 4.39 Å². The van der Waals surface area contributed by atoms with Crippen molar-refractivity contribution in [2.75, 3.05) is 20.6 Å². The normalized spacial score (nSPS) is 20.4. The molecule has 1 atom stereocenters. The van der Waals surface area contributed by atoms with Gasteiger partial charge in [0.25, 0.3) is 5.91 Å². The Labute approximate surface area is 174 Å². The molecule has 1 amide bonds. The number of nitrogens with zero attached hydrogens (tertiary/aromatic N) is 1. The van der Waals surface area contributed by atoms with Gasteiger partial charge in [-0.25, -0.2) is 4.39 Å². The zero-order valence-corrected chi connectivity index (χ0v) is 17.8. The maximum Gasteiger partial charge on any atom is 0.251 e. The summed E-state index contributed by atoms with van der Waals surface area (Å²) in [4.78, 5) is 14.5. The summed E-state index contributed by atoms with van der Waals surface area (Å²) in [6, 6.07) is 15.0. The Kier molecular flexibility index (Phi) is 7.43. The van der Waals surface area contributed by atoms with E-state index in [9.17, 15) is 9.18 Å². The summed E-state index contributed by atoms with van der Waals surface area (Å²) in [6.07, 6.45) is 5.66. The van der Waals surface area contributed by atoms with Gasteiger partial charge in [0.15, 0.2) is 0 Å². The highest BCUT2D eigenvalue weighted by molar-refractivity contribution is 5.94. The second-order valence-corrected chi connectivity index (χ2v) is 8.66. The molecule has 2 aromatic rings. The van der Waals surface area contributed by atoms with Crippen molar-refractivity contribution < 1.29 is 9.18 Å². The van der Waals surface area contributed by atoms with Crippen molar-refractivity contribution in [3.63, 3.8) is 0 Å².